The van der Waals surface area contributed by atoms with Gasteiger partial charge in [-0.15, -0.1) is 0 Å². The summed E-state index contributed by atoms with van der Waals surface area (Å²) in [5.41, 5.74) is 0. The summed E-state index contributed by atoms with van der Waals surface area (Å²) in [5.74, 6) is -0.125. The summed E-state index contributed by atoms with van der Waals surface area (Å²) >= 11 is 0. The van der Waals surface area contributed by atoms with Crippen molar-refractivity contribution in [3.8, 4) is 0 Å². The van der Waals surface area contributed by atoms with Gasteiger partial charge in [0.25, 0.3) is 0 Å². The van der Waals surface area contributed by atoms with Crippen molar-refractivity contribution in [2.45, 2.75) is 57.1 Å². The van der Waals surface area contributed by atoms with Gasteiger partial charge in [-0.05, 0) is 38.0 Å². The molecule has 2 aliphatic rings. The standard InChI is InChI=1S/C13H21NO4/c15-11(3-1-2-4-12(16)17)14-10-7-8-18-13(10)9-5-6-9/h9-10,13H,1-8H2,(H,14,15)(H,16,17). The Bertz CT molecular complexity index is 314. The first-order valence-corrected chi connectivity index (χ1v) is 6.79. The van der Waals surface area contributed by atoms with Gasteiger partial charge in [-0.25, -0.2) is 0 Å². The maximum atomic E-state index is 11.7. The molecule has 0 bridgehead atoms. The number of hydrogen-bond acceptors (Lipinski definition) is 3. The van der Waals surface area contributed by atoms with Crippen LogP contribution in [0.25, 0.3) is 0 Å². The molecule has 1 aliphatic heterocycles. The van der Waals surface area contributed by atoms with Crippen LogP contribution in [0.1, 0.15) is 44.9 Å². The summed E-state index contributed by atoms with van der Waals surface area (Å²) in [4.78, 5) is 22.0. The van der Waals surface area contributed by atoms with E-state index < -0.39 is 5.97 Å². The van der Waals surface area contributed by atoms with Gasteiger partial charge in [0.05, 0.1) is 12.1 Å². The van der Waals surface area contributed by atoms with Crippen LogP contribution in [0.3, 0.4) is 0 Å². The third kappa shape index (κ3) is 3.98. The summed E-state index contributed by atoms with van der Waals surface area (Å²) in [6.07, 6.45) is 5.32. The third-order valence-corrected chi connectivity index (χ3v) is 3.61. The van der Waals surface area contributed by atoms with E-state index in [-0.39, 0.29) is 24.5 Å². The molecular weight excluding hydrogens is 234 g/mol. The second-order valence-corrected chi connectivity index (χ2v) is 5.24. The van der Waals surface area contributed by atoms with Crippen molar-refractivity contribution in [1.82, 2.24) is 5.32 Å². The molecule has 0 aromatic carbocycles. The Kier molecular flexibility index (Phi) is 4.58. The van der Waals surface area contributed by atoms with Crippen LogP contribution in [0.4, 0.5) is 0 Å². The molecule has 0 spiro atoms. The first-order chi connectivity index (χ1) is 8.66. The first-order valence-electron chi connectivity index (χ1n) is 6.79. The van der Waals surface area contributed by atoms with Gasteiger partial charge in [0.1, 0.15) is 0 Å². The van der Waals surface area contributed by atoms with Crippen LogP contribution in [0.15, 0.2) is 0 Å². The number of ether oxygens (including phenoxy) is 1. The molecule has 2 N–H and O–H groups in total. The number of nitrogens with one attached hydrogen (secondary N) is 1. The van der Waals surface area contributed by atoms with Crippen LogP contribution in [-0.4, -0.2) is 35.7 Å². The molecule has 2 rings (SSSR count). The number of amides is 1. The first kappa shape index (κ1) is 13.3. The fraction of sp³-hybridized carbons (Fsp3) is 0.846. The van der Waals surface area contributed by atoms with E-state index in [0.29, 0.717) is 25.2 Å². The molecule has 1 saturated carbocycles. The molecule has 2 unspecified atom stereocenters. The minimum atomic E-state index is -0.798. The molecule has 1 saturated heterocycles. The molecule has 1 amide bonds. The molecule has 1 heterocycles. The lowest BCUT2D eigenvalue weighted by atomic mass is 10.1. The normalized spacial score (nSPS) is 27.1. The second-order valence-electron chi connectivity index (χ2n) is 5.24. The van der Waals surface area contributed by atoms with Crippen LogP contribution in [0.5, 0.6) is 0 Å². The lowest BCUT2D eigenvalue weighted by molar-refractivity contribution is -0.137. The third-order valence-electron chi connectivity index (χ3n) is 3.61. The zero-order valence-electron chi connectivity index (χ0n) is 10.6. The van der Waals surface area contributed by atoms with Crippen LogP contribution in [0, 0.1) is 5.92 Å². The van der Waals surface area contributed by atoms with Gasteiger partial charge in [-0.2, -0.15) is 0 Å². The fourth-order valence-electron chi connectivity index (χ4n) is 2.50. The van der Waals surface area contributed by atoms with Gasteiger partial charge in [-0.3, -0.25) is 9.59 Å². The van der Waals surface area contributed by atoms with Crippen molar-refractivity contribution in [3.63, 3.8) is 0 Å². The molecular formula is C13H21NO4. The number of unbranched alkanes of at least 4 members (excludes halogenated alkanes) is 1. The largest absolute Gasteiger partial charge is 0.481 e. The number of rotatable bonds is 7. The summed E-state index contributed by atoms with van der Waals surface area (Å²) in [5, 5.41) is 11.5. The van der Waals surface area contributed by atoms with Crippen LogP contribution in [-0.2, 0) is 14.3 Å². The summed E-state index contributed by atoms with van der Waals surface area (Å²) in [7, 11) is 0. The number of carbonyl (C=O) groups excluding carboxylic acids is 1. The molecule has 2 atom stereocenters. The van der Waals surface area contributed by atoms with Gasteiger partial charge in [0, 0.05) is 19.4 Å². The predicted molar refractivity (Wildman–Crippen MR) is 65.1 cm³/mol. The molecule has 0 aromatic heterocycles. The van der Waals surface area contributed by atoms with Crippen molar-refractivity contribution >= 4 is 11.9 Å². The van der Waals surface area contributed by atoms with Crippen LogP contribution in [0.2, 0.25) is 0 Å². The van der Waals surface area contributed by atoms with Gasteiger partial charge in [0.2, 0.25) is 5.91 Å². The number of aliphatic carboxylic acids is 1. The van der Waals surface area contributed by atoms with Crippen molar-refractivity contribution in [2.75, 3.05) is 6.61 Å². The Balaban J connectivity index is 1.62. The van der Waals surface area contributed by atoms with Gasteiger partial charge >= 0.3 is 5.97 Å². The number of hydrogen-bond donors (Lipinski definition) is 2. The Morgan fingerprint density at radius 2 is 1.89 bits per heavy atom. The van der Waals surface area contributed by atoms with E-state index >= 15 is 0 Å². The molecule has 5 nitrogen and oxygen atoms in total. The Labute approximate surface area is 107 Å². The van der Waals surface area contributed by atoms with Gasteiger partial charge < -0.3 is 15.2 Å². The van der Waals surface area contributed by atoms with E-state index in [1.807, 2.05) is 0 Å². The highest BCUT2D eigenvalue weighted by Gasteiger charge is 2.41. The Morgan fingerprint density at radius 3 is 2.56 bits per heavy atom. The maximum Gasteiger partial charge on any atom is 0.303 e. The smallest absolute Gasteiger partial charge is 0.303 e. The Morgan fingerprint density at radius 1 is 1.17 bits per heavy atom. The van der Waals surface area contributed by atoms with Crippen molar-refractivity contribution in [2.24, 2.45) is 5.92 Å². The molecule has 18 heavy (non-hydrogen) atoms. The lowest BCUT2D eigenvalue weighted by Crippen LogP contribution is -2.41. The van der Waals surface area contributed by atoms with Crippen molar-refractivity contribution in [1.29, 1.82) is 0 Å². The molecule has 2 fully saturated rings. The minimum absolute atomic E-state index is 0.0292. The Hall–Kier alpha value is -1.10. The number of carboxylic acids is 1. The van der Waals surface area contributed by atoms with Crippen LogP contribution < -0.4 is 5.32 Å². The number of carboxylic acid groups (broad SMARTS) is 1. The maximum absolute atomic E-state index is 11.7. The molecule has 1 aliphatic carbocycles. The van der Waals surface area contributed by atoms with E-state index in [1.165, 1.54) is 12.8 Å². The van der Waals surface area contributed by atoms with E-state index in [9.17, 15) is 9.59 Å². The number of carbonyl (C=O) groups is 2. The van der Waals surface area contributed by atoms with Crippen molar-refractivity contribution in [3.05, 3.63) is 0 Å². The second kappa shape index (κ2) is 6.18. The van der Waals surface area contributed by atoms with E-state index in [2.05, 4.69) is 5.32 Å². The zero-order valence-corrected chi connectivity index (χ0v) is 10.6. The molecule has 0 aromatic rings. The summed E-state index contributed by atoms with van der Waals surface area (Å²) in [6, 6.07) is 0.171. The zero-order chi connectivity index (χ0) is 13.0. The SMILES string of the molecule is O=C(O)CCCCC(=O)NC1CCOC1C1CC1. The van der Waals surface area contributed by atoms with E-state index in [0.717, 1.165) is 13.0 Å². The monoisotopic (exact) mass is 255 g/mol. The highest BCUT2D eigenvalue weighted by atomic mass is 16.5. The average Bonchev–Trinajstić information content (AvgIpc) is 3.06. The van der Waals surface area contributed by atoms with Gasteiger partial charge in [0.15, 0.2) is 0 Å². The van der Waals surface area contributed by atoms with E-state index in [4.69, 9.17) is 9.84 Å². The molecule has 102 valence electrons. The fourth-order valence-corrected chi connectivity index (χ4v) is 2.50. The minimum Gasteiger partial charge on any atom is -0.481 e. The topological polar surface area (TPSA) is 75.6 Å². The summed E-state index contributed by atoms with van der Waals surface area (Å²) < 4.78 is 5.66. The lowest BCUT2D eigenvalue weighted by Gasteiger charge is -2.19. The highest BCUT2D eigenvalue weighted by molar-refractivity contribution is 5.76. The van der Waals surface area contributed by atoms with Crippen molar-refractivity contribution < 1.29 is 19.4 Å². The molecule has 5 heteroatoms. The highest BCUT2D eigenvalue weighted by Crippen LogP contribution is 2.38. The predicted octanol–water partition coefficient (Wildman–Crippen LogP) is 1.32. The van der Waals surface area contributed by atoms with Crippen LogP contribution >= 0.6 is 0 Å². The van der Waals surface area contributed by atoms with Gasteiger partial charge in [-0.1, -0.05) is 0 Å². The molecule has 0 radical (unpaired) electrons. The summed E-state index contributed by atoms with van der Waals surface area (Å²) in [6.45, 7) is 0.741. The average molecular weight is 255 g/mol. The van der Waals surface area contributed by atoms with E-state index in [1.54, 1.807) is 0 Å². The quantitative estimate of drug-likeness (QED) is 0.673.